The number of ketones is 1. The van der Waals surface area contributed by atoms with Gasteiger partial charge in [0.05, 0.1) is 6.10 Å². The predicted molar refractivity (Wildman–Crippen MR) is 90.3 cm³/mol. The summed E-state index contributed by atoms with van der Waals surface area (Å²) in [6.07, 6.45) is -1.32. The molecule has 0 aromatic heterocycles. The predicted octanol–water partition coefficient (Wildman–Crippen LogP) is 2.05. The number of carbonyl (C=O) groups excluding carboxylic acids is 2. The maximum atomic E-state index is 12.4. The van der Waals surface area contributed by atoms with Crippen LogP contribution in [0.1, 0.15) is 22.0 Å². The van der Waals surface area contributed by atoms with E-state index in [0.29, 0.717) is 10.6 Å². The Kier molecular flexibility index (Phi) is 4.57. The molecule has 3 rings (SSSR count). The van der Waals surface area contributed by atoms with E-state index >= 15 is 0 Å². The van der Waals surface area contributed by atoms with Crippen LogP contribution in [0.3, 0.4) is 0 Å². The molecular formula is C18H14ClNO5. The van der Waals surface area contributed by atoms with Gasteiger partial charge in [0.2, 0.25) is 5.91 Å². The third-order valence-corrected chi connectivity index (χ3v) is 4.36. The third kappa shape index (κ3) is 3.26. The van der Waals surface area contributed by atoms with Gasteiger partial charge < -0.3 is 15.5 Å². The van der Waals surface area contributed by atoms with Crippen LogP contribution in [0.15, 0.2) is 42.5 Å². The average molecular weight is 360 g/mol. The second-order valence-corrected chi connectivity index (χ2v) is 6.14. The minimum Gasteiger partial charge on any atom is -0.480 e. The van der Waals surface area contributed by atoms with Gasteiger partial charge in [-0.15, -0.1) is 0 Å². The molecule has 0 saturated heterocycles. The lowest BCUT2D eigenvalue weighted by atomic mass is 9.99. The molecule has 128 valence electrons. The fraction of sp³-hybridized carbons (Fsp3) is 0.167. The molecule has 25 heavy (non-hydrogen) atoms. The largest absolute Gasteiger partial charge is 0.480 e. The number of nitrogens with one attached hydrogen (secondary N) is 1. The fourth-order valence-electron chi connectivity index (χ4n) is 2.88. The van der Waals surface area contributed by atoms with E-state index in [9.17, 15) is 19.5 Å². The van der Waals surface area contributed by atoms with Gasteiger partial charge in [-0.1, -0.05) is 35.9 Å². The number of carboxylic acids is 1. The number of aliphatic carboxylic acids is 1. The molecule has 2 aromatic rings. The lowest BCUT2D eigenvalue weighted by molar-refractivity contribution is -0.138. The summed E-state index contributed by atoms with van der Waals surface area (Å²) in [4.78, 5) is 35.0. The number of Topliss-reactive ketones (excluding diaryl/α,β-unsaturated/α-hetero) is 1. The van der Waals surface area contributed by atoms with Gasteiger partial charge in [-0.25, -0.2) is 0 Å². The number of hydrogen-bond acceptors (Lipinski definition) is 4. The summed E-state index contributed by atoms with van der Waals surface area (Å²) < 4.78 is 0. The second-order valence-electron chi connectivity index (χ2n) is 5.71. The van der Waals surface area contributed by atoms with E-state index < -0.39 is 36.2 Å². The Morgan fingerprint density at radius 1 is 1.08 bits per heavy atom. The summed E-state index contributed by atoms with van der Waals surface area (Å²) >= 11 is 5.87. The van der Waals surface area contributed by atoms with Gasteiger partial charge >= 0.3 is 5.97 Å². The van der Waals surface area contributed by atoms with Crippen LogP contribution in [-0.4, -0.2) is 34.4 Å². The molecule has 1 aliphatic rings. The SMILES string of the molecule is O=C(O)CNC(=O)C1C(=O)c2ccc(-c3ccc(Cl)cc3)cc2C1O. The molecule has 2 unspecified atom stereocenters. The number of hydrogen-bond donors (Lipinski definition) is 3. The van der Waals surface area contributed by atoms with Crippen LogP contribution >= 0.6 is 11.6 Å². The van der Waals surface area contributed by atoms with Gasteiger partial charge in [-0.05, 0) is 34.9 Å². The van der Waals surface area contributed by atoms with E-state index in [0.717, 1.165) is 11.1 Å². The molecule has 3 N–H and O–H groups in total. The first-order chi connectivity index (χ1) is 11.9. The molecule has 7 heteroatoms. The minimum atomic E-state index is -1.34. The van der Waals surface area contributed by atoms with Crippen molar-refractivity contribution in [3.8, 4) is 11.1 Å². The number of aliphatic hydroxyl groups is 1. The number of amides is 1. The standard InChI is InChI=1S/C18H14ClNO5/c19-11-4-1-9(2-5-11)10-3-6-12-13(7-10)17(24)15(16(12)23)18(25)20-8-14(21)22/h1-7,15,17,24H,8H2,(H,20,25)(H,21,22). The first kappa shape index (κ1) is 17.1. The first-order valence-electron chi connectivity index (χ1n) is 7.50. The Balaban J connectivity index is 1.90. The van der Waals surface area contributed by atoms with E-state index in [1.54, 1.807) is 30.3 Å². The smallest absolute Gasteiger partial charge is 0.322 e. The number of fused-ring (bicyclic) bond motifs is 1. The normalized spacial score (nSPS) is 18.7. The Morgan fingerprint density at radius 2 is 1.72 bits per heavy atom. The molecule has 0 bridgehead atoms. The van der Waals surface area contributed by atoms with E-state index in [-0.39, 0.29) is 5.56 Å². The molecule has 0 spiro atoms. The van der Waals surface area contributed by atoms with Crippen molar-refractivity contribution in [3.63, 3.8) is 0 Å². The van der Waals surface area contributed by atoms with Crippen LogP contribution in [0, 0.1) is 5.92 Å². The second kappa shape index (κ2) is 6.66. The van der Waals surface area contributed by atoms with Crippen LogP contribution in [-0.2, 0) is 9.59 Å². The van der Waals surface area contributed by atoms with Crippen LogP contribution in [0.2, 0.25) is 5.02 Å². The summed E-state index contributed by atoms with van der Waals surface area (Å²) in [6.45, 7) is -0.609. The zero-order valence-electron chi connectivity index (χ0n) is 12.9. The van der Waals surface area contributed by atoms with Gasteiger partial charge in [0.1, 0.15) is 12.5 Å². The highest BCUT2D eigenvalue weighted by Gasteiger charge is 2.43. The van der Waals surface area contributed by atoms with Crippen molar-refractivity contribution in [2.45, 2.75) is 6.10 Å². The quantitative estimate of drug-likeness (QED) is 0.725. The Bertz CT molecular complexity index is 862. The molecule has 1 aliphatic carbocycles. The maximum Gasteiger partial charge on any atom is 0.322 e. The zero-order valence-corrected chi connectivity index (χ0v) is 13.7. The van der Waals surface area contributed by atoms with Crippen LogP contribution in [0.25, 0.3) is 11.1 Å². The van der Waals surface area contributed by atoms with Crippen LogP contribution < -0.4 is 5.32 Å². The van der Waals surface area contributed by atoms with Crippen molar-refractivity contribution in [2.75, 3.05) is 6.54 Å². The van der Waals surface area contributed by atoms with E-state index in [1.807, 2.05) is 12.1 Å². The monoisotopic (exact) mass is 359 g/mol. The highest BCUT2D eigenvalue weighted by Crippen LogP contribution is 2.38. The maximum absolute atomic E-state index is 12.4. The van der Waals surface area contributed by atoms with Gasteiger partial charge in [0.25, 0.3) is 0 Å². The fourth-order valence-corrected chi connectivity index (χ4v) is 3.01. The number of halogens is 1. The van der Waals surface area contributed by atoms with Gasteiger partial charge in [0.15, 0.2) is 5.78 Å². The van der Waals surface area contributed by atoms with Crippen LogP contribution in [0.4, 0.5) is 0 Å². The van der Waals surface area contributed by atoms with E-state index in [2.05, 4.69) is 5.32 Å². The molecule has 0 heterocycles. The van der Waals surface area contributed by atoms with E-state index in [4.69, 9.17) is 16.7 Å². The molecule has 0 saturated carbocycles. The van der Waals surface area contributed by atoms with Gasteiger partial charge in [0, 0.05) is 10.6 Å². The lowest BCUT2D eigenvalue weighted by Gasteiger charge is -2.13. The Hall–Kier alpha value is -2.70. The Labute approximate surface area is 148 Å². The molecular weight excluding hydrogens is 346 g/mol. The van der Waals surface area contributed by atoms with Crippen LogP contribution in [0.5, 0.6) is 0 Å². The molecule has 6 nitrogen and oxygen atoms in total. The summed E-state index contributed by atoms with van der Waals surface area (Å²) in [5.74, 6) is -3.89. The topological polar surface area (TPSA) is 104 Å². The summed E-state index contributed by atoms with van der Waals surface area (Å²) in [7, 11) is 0. The summed E-state index contributed by atoms with van der Waals surface area (Å²) in [5, 5.41) is 21.8. The number of carbonyl (C=O) groups is 3. The summed E-state index contributed by atoms with van der Waals surface area (Å²) in [5.41, 5.74) is 2.24. The van der Waals surface area contributed by atoms with Gasteiger partial charge in [-0.3, -0.25) is 14.4 Å². The average Bonchev–Trinajstić information content (AvgIpc) is 2.84. The van der Waals surface area contributed by atoms with Crippen molar-refractivity contribution in [3.05, 3.63) is 58.6 Å². The molecule has 0 fully saturated rings. The number of aliphatic hydroxyl groups excluding tert-OH is 1. The van der Waals surface area contributed by atoms with E-state index in [1.165, 1.54) is 0 Å². The molecule has 0 aliphatic heterocycles. The van der Waals surface area contributed by atoms with Crippen molar-refractivity contribution < 1.29 is 24.6 Å². The third-order valence-electron chi connectivity index (χ3n) is 4.11. The highest BCUT2D eigenvalue weighted by molar-refractivity contribution is 6.30. The highest BCUT2D eigenvalue weighted by atomic mass is 35.5. The molecule has 2 atom stereocenters. The molecule has 2 aromatic carbocycles. The molecule has 1 amide bonds. The van der Waals surface area contributed by atoms with Crippen molar-refractivity contribution in [2.24, 2.45) is 5.92 Å². The Morgan fingerprint density at radius 3 is 2.36 bits per heavy atom. The number of carboxylic acid groups (broad SMARTS) is 1. The van der Waals surface area contributed by atoms with Crippen molar-refractivity contribution >= 4 is 29.3 Å². The van der Waals surface area contributed by atoms with Crippen molar-refractivity contribution in [1.82, 2.24) is 5.32 Å². The first-order valence-corrected chi connectivity index (χ1v) is 7.88. The number of rotatable bonds is 4. The number of benzene rings is 2. The summed E-state index contributed by atoms with van der Waals surface area (Å²) in [6, 6.07) is 12.0. The minimum absolute atomic E-state index is 0.265. The van der Waals surface area contributed by atoms with Gasteiger partial charge in [-0.2, -0.15) is 0 Å². The molecule has 0 radical (unpaired) electrons. The lowest BCUT2D eigenvalue weighted by Crippen LogP contribution is -2.38. The van der Waals surface area contributed by atoms with Crippen molar-refractivity contribution in [1.29, 1.82) is 0 Å². The zero-order chi connectivity index (χ0) is 18.1.